The zero-order chi connectivity index (χ0) is 18.4. The van der Waals surface area contributed by atoms with Crippen LogP contribution in [0.1, 0.15) is 26.3 Å². The van der Waals surface area contributed by atoms with Crippen LogP contribution in [-0.4, -0.2) is 25.8 Å². The Bertz CT molecular complexity index is 698. The van der Waals surface area contributed by atoms with E-state index in [2.05, 4.69) is 11.8 Å². The summed E-state index contributed by atoms with van der Waals surface area (Å²) < 4.78 is 25.0. The molecule has 0 saturated heterocycles. The van der Waals surface area contributed by atoms with E-state index in [1.807, 2.05) is 44.2 Å². The molecule has 2 N–H and O–H groups in total. The van der Waals surface area contributed by atoms with Gasteiger partial charge in [0.1, 0.15) is 12.4 Å². The fourth-order valence-corrected chi connectivity index (χ4v) is 2.44. The van der Waals surface area contributed by atoms with E-state index in [0.29, 0.717) is 6.54 Å². The molecular formula is C20H27FN2O2. The molecule has 2 aromatic carbocycles. The normalized spacial score (nSPS) is 11.3. The molecule has 0 heterocycles. The highest BCUT2D eigenvalue weighted by molar-refractivity contribution is 5.51. The van der Waals surface area contributed by atoms with Gasteiger partial charge >= 0.3 is 0 Å². The average Bonchev–Trinajstić information content (AvgIpc) is 2.58. The molecular weight excluding hydrogens is 319 g/mol. The SMILES string of the molecule is CCN(Cc1ccc(OCC(C)(C)N)c(F)c1)c1cccc(OC)c1. The van der Waals surface area contributed by atoms with E-state index in [-0.39, 0.29) is 18.2 Å². The highest BCUT2D eigenvalue weighted by Gasteiger charge is 2.14. The number of anilines is 1. The predicted octanol–water partition coefficient (Wildman–Crippen LogP) is 3.98. The van der Waals surface area contributed by atoms with Crippen molar-refractivity contribution in [3.05, 3.63) is 53.8 Å². The van der Waals surface area contributed by atoms with E-state index < -0.39 is 5.54 Å². The van der Waals surface area contributed by atoms with Crippen molar-refractivity contribution >= 4 is 5.69 Å². The van der Waals surface area contributed by atoms with Gasteiger partial charge in [-0.25, -0.2) is 4.39 Å². The Morgan fingerprint density at radius 3 is 2.52 bits per heavy atom. The van der Waals surface area contributed by atoms with Crippen LogP contribution in [0, 0.1) is 5.82 Å². The third-order valence-electron chi connectivity index (χ3n) is 3.77. The quantitative estimate of drug-likeness (QED) is 0.785. The lowest BCUT2D eigenvalue weighted by molar-refractivity contribution is 0.234. The van der Waals surface area contributed by atoms with Gasteiger partial charge in [-0.15, -0.1) is 0 Å². The van der Waals surface area contributed by atoms with Crippen LogP contribution in [0.25, 0.3) is 0 Å². The van der Waals surface area contributed by atoms with Gasteiger partial charge in [0.05, 0.1) is 7.11 Å². The van der Waals surface area contributed by atoms with Gasteiger partial charge in [-0.05, 0) is 50.6 Å². The molecule has 0 fully saturated rings. The Hall–Kier alpha value is -2.27. The first-order chi connectivity index (χ1) is 11.8. The maximum Gasteiger partial charge on any atom is 0.165 e. The molecule has 0 amide bonds. The van der Waals surface area contributed by atoms with Gasteiger partial charge in [-0.2, -0.15) is 0 Å². The minimum atomic E-state index is -0.503. The second-order valence-electron chi connectivity index (χ2n) is 6.76. The Balaban J connectivity index is 2.11. The largest absolute Gasteiger partial charge is 0.497 e. The van der Waals surface area contributed by atoms with Crippen LogP contribution in [0.15, 0.2) is 42.5 Å². The lowest BCUT2D eigenvalue weighted by atomic mass is 10.1. The highest BCUT2D eigenvalue weighted by atomic mass is 19.1. The molecule has 0 bridgehead atoms. The number of nitrogens with zero attached hydrogens (tertiary/aromatic N) is 1. The first-order valence-electron chi connectivity index (χ1n) is 8.41. The van der Waals surface area contributed by atoms with E-state index in [9.17, 15) is 4.39 Å². The number of ether oxygens (including phenoxy) is 2. The van der Waals surface area contributed by atoms with Crippen LogP contribution in [0.5, 0.6) is 11.5 Å². The molecule has 2 rings (SSSR count). The Morgan fingerprint density at radius 2 is 1.92 bits per heavy atom. The molecule has 5 heteroatoms. The van der Waals surface area contributed by atoms with E-state index in [1.54, 1.807) is 13.2 Å². The predicted molar refractivity (Wildman–Crippen MR) is 99.9 cm³/mol. The van der Waals surface area contributed by atoms with Gasteiger partial charge in [-0.3, -0.25) is 0 Å². The minimum Gasteiger partial charge on any atom is -0.497 e. The van der Waals surface area contributed by atoms with E-state index in [4.69, 9.17) is 15.2 Å². The zero-order valence-corrected chi connectivity index (χ0v) is 15.4. The Kier molecular flexibility index (Phi) is 6.26. The topological polar surface area (TPSA) is 47.7 Å². The zero-order valence-electron chi connectivity index (χ0n) is 15.4. The minimum absolute atomic E-state index is 0.228. The van der Waals surface area contributed by atoms with Gasteiger partial charge in [0.15, 0.2) is 11.6 Å². The van der Waals surface area contributed by atoms with Crippen molar-refractivity contribution in [2.75, 3.05) is 25.2 Å². The fourth-order valence-electron chi connectivity index (χ4n) is 2.44. The van der Waals surface area contributed by atoms with Crippen molar-refractivity contribution in [2.45, 2.75) is 32.9 Å². The smallest absolute Gasteiger partial charge is 0.165 e. The third kappa shape index (κ3) is 5.64. The molecule has 4 nitrogen and oxygen atoms in total. The summed E-state index contributed by atoms with van der Waals surface area (Å²) in [5, 5.41) is 0. The number of nitrogens with two attached hydrogens (primary N) is 1. The summed E-state index contributed by atoms with van der Waals surface area (Å²) in [5.41, 5.74) is 7.28. The summed E-state index contributed by atoms with van der Waals surface area (Å²) in [5.74, 6) is 0.658. The van der Waals surface area contributed by atoms with Crippen molar-refractivity contribution in [3.63, 3.8) is 0 Å². The molecule has 0 atom stereocenters. The molecule has 0 aromatic heterocycles. The van der Waals surface area contributed by atoms with E-state index in [1.165, 1.54) is 6.07 Å². The van der Waals surface area contributed by atoms with E-state index >= 15 is 0 Å². The summed E-state index contributed by atoms with van der Waals surface area (Å²) in [6, 6.07) is 12.9. The summed E-state index contributed by atoms with van der Waals surface area (Å²) in [6.07, 6.45) is 0. The van der Waals surface area contributed by atoms with Gasteiger partial charge in [0, 0.05) is 30.4 Å². The van der Waals surface area contributed by atoms with Crippen molar-refractivity contribution in [2.24, 2.45) is 5.73 Å². The van der Waals surface area contributed by atoms with Crippen LogP contribution >= 0.6 is 0 Å². The monoisotopic (exact) mass is 346 g/mol. The molecule has 136 valence electrons. The summed E-state index contributed by atoms with van der Waals surface area (Å²) in [6.45, 7) is 7.40. The number of benzene rings is 2. The molecule has 2 aromatic rings. The third-order valence-corrected chi connectivity index (χ3v) is 3.77. The standard InChI is InChI=1S/C20H27FN2O2/c1-5-23(16-7-6-8-17(12-16)24-4)13-15-9-10-19(18(21)11-15)25-14-20(2,3)22/h6-12H,5,13-14,22H2,1-4H3. The van der Waals surface area contributed by atoms with Gasteiger partial charge < -0.3 is 20.1 Å². The molecule has 0 aliphatic rings. The van der Waals surface area contributed by atoms with Crippen molar-refractivity contribution in [3.8, 4) is 11.5 Å². The van der Waals surface area contributed by atoms with E-state index in [0.717, 1.165) is 23.5 Å². The summed E-state index contributed by atoms with van der Waals surface area (Å²) >= 11 is 0. The average molecular weight is 346 g/mol. The van der Waals surface area contributed by atoms with Crippen LogP contribution in [0.2, 0.25) is 0 Å². The maximum absolute atomic E-state index is 14.3. The first kappa shape index (κ1) is 19.1. The molecule has 0 spiro atoms. The number of methoxy groups -OCH3 is 1. The lowest BCUT2D eigenvalue weighted by Crippen LogP contribution is -2.38. The van der Waals surface area contributed by atoms with Crippen molar-refractivity contribution in [1.82, 2.24) is 0 Å². The maximum atomic E-state index is 14.3. The fraction of sp³-hybridized carbons (Fsp3) is 0.400. The number of hydrogen-bond donors (Lipinski definition) is 1. The molecule has 0 radical (unpaired) electrons. The van der Waals surface area contributed by atoms with Gasteiger partial charge in [0.2, 0.25) is 0 Å². The molecule has 0 aliphatic carbocycles. The first-order valence-corrected chi connectivity index (χ1v) is 8.41. The van der Waals surface area contributed by atoms with Crippen LogP contribution in [0.4, 0.5) is 10.1 Å². The van der Waals surface area contributed by atoms with Crippen LogP contribution in [0.3, 0.4) is 0 Å². The van der Waals surface area contributed by atoms with Crippen LogP contribution < -0.4 is 20.1 Å². The summed E-state index contributed by atoms with van der Waals surface area (Å²) in [4.78, 5) is 2.15. The Morgan fingerprint density at radius 1 is 1.16 bits per heavy atom. The number of hydrogen-bond acceptors (Lipinski definition) is 4. The van der Waals surface area contributed by atoms with Crippen molar-refractivity contribution < 1.29 is 13.9 Å². The second kappa shape index (κ2) is 8.21. The molecule has 0 unspecified atom stereocenters. The highest BCUT2D eigenvalue weighted by Crippen LogP contribution is 2.24. The van der Waals surface area contributed by atoms with Crippen molar-refractivity contribution in [1.29, 1.82) is 0 Å². The molecule has 0 saturated carbocycles. The van der Waals surface area contributed by atoms with Gasteiger partial charge in [-0.1, -0.05) is 12.1 Å². The summed E-state index contributed by atoms with van der Waals surface area (Å²) in [7, 11) is 1.64. The van der Waals surface area contributed by atoms with Gasteiger partial charge in [0.25, 0.3) is 0 Å². The number of halogens is 1. The van der Waals surface area contributed by atoms with Crippen LogP contribution in [-0.2, 0) is 6.54 Å². The lowest BCUT2D eigenvalue weighted by Gasteiger charge is -2.24. The molecule has 0 aliphatic heterocycles. The molecule has 25 heavy (non-hydrogen) atoms. The number of rotatable bonds is 8. The second-order valence-corrected chi connectivity index (χ2v) is 6.76. The Labute approximate surface area is 149 Å².